The van der Waals surface area contributed by atoms with E-state index in [9.17, 15) is 4.79 Å². The summed E-state index contributed by atoms with van der Waals surface area (Å²) in [5, 5.41) is 0. The molecule has 1 aliphatic rings. The van der Waals surface area contributed by atoms with Gasteiger partial charge in [-0.1, -0.05) is 30.3 Å². The van der Waals surface area contributed by atoms with E-state index in [4.69, 9.17) is 0 Å². The van der Waals surface area contributed by atoms with Gasteiger partial charge in [0.15, 0.2) is 0 Å². The van der Waals surface area contributed by atoms with Crippen LogP contribution in [-0.2, 0) is 13.0 Å². The van der Waals surface area contributed by atoms with E-state index in [0.717, 1.165) is 24.3 Å². The van der Waals surface area contributed by atoms with Crippen LogP contribution >= 0.6 is 0 Å². The third kappa shape index (κ3) is 1.99. The summed E-state index contributed by atoms with van der Waals surface area (Å²) in [6, 6.07) is 14.1. The fourth-order valence-electron chi connectivity index (χ4n) is 3.19. The number of benzene rings is 1. The Morgan fingerprint density at radius 2 is 1.86 bits per heavy atom. The SMILES string of the molecule is Cc1nc2ccccn2c1C(=O)N1CCc2ccccc2C1. The van der Waals surface area contributed by atoms with Crippen molar-refractivity contribution in [1.82, 2.24) is 14.3 Å². The summed E-state index contributed by atoms with van der Waals surface area (Å²) in [5.74, 6) is 0.0608. The Morgan fingerprint density at radius 1 is 1.09 bits per heavy atom. The van der Waals surface area contributed by atoms with Crippen molar-refractivity contribution >= 4 is 11.6 Å². The number of hydrogen-bond donors (Lipinski definition) is 0. The lowest BCUT2D eigenvalue weighted by molar-refractivity contribution is 0.0727. The molecule has 3 heterocycles. The summed E-state index contributed by atoms with van der Waals surface area (Å²) in [4.78, 5) is 19.4. The maximum absolute atomic E-state index is 13.0. The van der Waals surface area contributed by atoms with Gasteiger partial charge in [0.1, 0.15) is 11.3 Å². The van der Waals surface area contributed by atoms with Crippen molar-refractivity contribution in [3.05, 3.63) is 71.2 Å². The molecule has 1 amide bonds. The number of nitrogens with zero attached hydrogens (tertiary/aromatic N) is 3. The molecule has 0 spiro atoms. The molecule has 4 nitrogen and oxygen atoms in total. The van der Waals surface area contributed by atoms with Crippen molar-refractivity contribution in [3.63, 3.8) is 0 Å². The van der Waals surface area contributed by atoms with Crippen molar-refractivity contribution < 1.29 is 4.79 Å². The van der Waals surface area contributed by atoms with Gasteiger partial charge in [-0.3, -0.25) is 9.20 Å². The number of hydrogen-bond acceptors (Lipinski definition) is 2. The minimum Gasteiger partial charge on any atom is -0.333 e. The molecule has 110 valence electrons. The molecule has 0 aliphatic carbocycles. The number of rotatable bonds is 1. The third-order valence-corrected chi connectivity index (χ3v) is 4.32. The molecule has 1 aromatic carbocycles. The summed E-state index contributed by atoms with van der Waals surface area (Å²) < 4.78 is 1.89. The molecular formula is C18H17N3O. The molecule has 1 aliphatic heterocycles. The number of fused-ring (bicyclic) bond motifs is 2. The smallest absolute Gasteiger partial charge is 0.273 e. The van der Waals surface area contributed by atoms with Gasteiger partial charge in [0, 0.05) is 19.3 Å². The summed E-state index contributed by atoms with van der Waals surface area (Å²) in [6.45, 7) is 3.34. The van der Waals surface area contributed by atoms with Gasteiger partial charge >= 0.3 is 0 Å². The van der Waals surface area contributed by atoms with Crippen LogP contribution in [0.5, 0.6) is 0 Å². The third-order valence-electron chi connectivity index (χ3n) is 4.32. The number of amides is 1. The zero-order chi connectivity index (χ0) is 15.1. The van der Waals surface area contributed by atoms with E-state index in [1.165, 1.54) is 11.1 Å². The van der Waals surface area contributed by atoms with E-state index < -0.39 is 0 Å². The van der Waals surface area contributed by atoms with Crippen LogP contribution in [0.3, 0.4) is 0 Å². The molecule has 0 unspecified atom stereocenters. The molecule has 0 atom stereocenters. The number of imidazole rings is 1. The van der Waals surface area contributed by atoms with E-state index in [1.54, 1.807) is 0 Å². The number of aryl methyl sites for hydroxylation is 1. The van der Waals surface area contributed by atoms with Crippen LogP contribution in [0.25, 0.3) is 5.65 Å². The van der Waals surface area contributed by atoms with Gasteiger partial charge < -0.3 is 4.90 Å². The molecule has 4 rings (SSSR count). The van der Waals surface area contributed by atoms with Gasteiger partial charge in [0.25, 0.3) is 5.91 Å². The second-order valence-corrected chi connectivity index (χ2v) is 5.72. The van der Waals surface area contributed by atoms with E-state index in [2.05, 4.69) is 23.2 Å². The normalized spacial score (nSPS) is 14.1. The first-order chi connectivity index (χ1) is 10.7. The highest BCUT2D eigenvalue weighted by atomic mass is 16.2. The largest absolute Gasteiger partial charge is 0.333 e. The van der Waals surface area contributed by atoms with Crippen molar-refractivity contribution in [3.8, 4) is 0 Å². The maximum atomic E-state index is 13.0. The number of carbonyl (C=O) groups excluding carboxylic acids is 1. The Morgan fingerprint density at radius 3 is 2.73 bits per heavy atom. The molecule has 0 radical (unpaired) electrons. The minimum absolute atomic E-state index is 0.0608. The van der Waals surface area contributed by atoms with Crippen LogP contribution in [0.4, 0.5) is 0 Å². The van der Waals surface area contributed by atoms with E-state index in [0.29, 0.717) is 12.2 Å². The van der Waals surface area contributed by atoms with Crippen molar-refractivity contribution in [1.29, 1.82) is 0 Å². The Hall–Kier alpha value is -2.62. The van der Waals surface area contributed by atoms with Crippen LogP contribution in [-0.4, -0.2) is 26.7 Å². The average Bonchev–Trinajstić information content (AvgIpc) is 2.89. The highest BCUT2D eigenvalue weighted by Gasteiger charge is 2.25. The van der Waals surface area contributed by atoms with E-state index in [-0.39, 0.29) is 5.91 Å². The lowest BCUT2D eigenvalue weighted by Gasteiger charge is -2.28. The second kappa shape index (κ2) is 4.98. The summed E-state index contributed by atoms with van der Waals surface area (Å²) >= 11 is 0. The van der Waals surface area contributed by atoms with Gasteiger partial charge in [-0.15, -0.1) is 0 Å². The van der Waals surface area contributed by atoms with Gasteiger partial charge in [0.05, 0.1) is 5.69 Å². The quantitative estimate of drug-likeness (QED) is 0.691. The Bertz CT molecular complexity index is 866. The first-order valence-corrected chi connectivity index (χ1v) is 7.54. The topological polar surface area (TPSA) is 37.6 Å². The fourth-order valence-corrected chi connectivity index (χ4v) is 3.19. The Balaban J connectivity index is 1.71. The van der Waals surface area contributed by atoms with Crippen LogP contribution in [0, 0.1) is 6.92 Å². The van der Waals surface area contributed by atoms with Crippen LogP contribution in [0.15, 0.2) is 48.7 Å². The predicted octanol–water partition coefficient (Wildman–Crippen LogP) is 2.84. The summed E-state index contributed by atoms with van der Waals surface area (Å²) in [5.41, 5.74) is 4.88. The monoisotopic (exact) mass is 291 g/mol. The standard InChI is InChI=1S/C18H17N3O/c1-13-17(21-10-5-4-8-16(21)19-13)18(22)20-11-9-14-6-2-3-7-15(14)12-20/h2-8,10H,9,11-12H2,1H3. The van der Waals surface area contributed by atoms with Gasteiger partial charge in [0.2, 0.25) is 0 Å². The molecule has 3 aromatic rings. The van der Waals surface area contributed by atoms with Gasteiger partial charge in [-0.2, -0.15) is 0 Å². The Labute approximate surface area is 129 Å². The van der Waals surface area contributed by atoms with E-state index in [1.807, 2.05) is 46.7 Å². The van der Waals surface area contributed by atoms with Crippen molar-refractivity contribution in [2.75, 3.05) is 6.54 Å². The first kappa shape index (κ1) is 13.1. The average molecular weight is 291 g/mol. The maximum Gasteiger partial charge on any atom is 0.273 e. The van der Waals surface area contributed by atoms with Crippen LogP contribution < -0.4 is 0 Å². The number of carbonyl (C=O) groups is 1. The van der Waals surface area contributed by atoms with Gasteiger partial charge in [-0.25, -0.2) is 4.98 Å². The highest BCUT2D eigenvalue weighted by molar-refractivity contribution is 5.94. The Kier molecular flexibility index (Phi) is 2.96. The first-order valence-electron chi connectivity index (χ1n) is 7.54. The fraction of sp³-hybridized carbons (Fsp3) is 0.222. The number of aromatic nitrogens is 2. The lowest BCUT2D eigenvalue weighted by Crippen LogP contribution is -2.36. The zero-order valence-corrected chi connectivity index (χ0v) is 12.5. The highest BCUT2D eigenvalue weighted by Crippen LogP contribution is 2.22. The van der Waals surface area contributed by atoms with Crippen molar-refractivity contribution in [2.45, 2.75) is 19.9 Å². The molecule has 0 saturated carbocycles. The molecule has 0 N–H and O–H groups in total. The number of pyridine rings is 1. The minimum atomic E-state index is 0.0608. The molecule has 0 fully saturated rings. The molecule has 2 aromatic heterocycles. The summed E-state index contributed by atoms with van der Waals surface area (Å²) in [6.07, 6.45) is 2.82. The lowest BCUT2D eigenvalue weighted by atomic mass is 9.99. The summed E-state index contributed by atoms with van der Waals surface area (Å²) in [7, 11) is 0. The molecule has 0 saturated heterocycles. The van der Waals surface area contributed by atoms with Crippen molar-refractivity contribution in [2.24, 2.45) is 0 Å². The predicted molar refractivity (Wildman–Crippen MR) is 84.8 cm³/mol. The van der Waals surface area contributed by atoms with Crippen LogP contribution in [0.1, 0.15) is 27.3 Å². The van der Waals surface area contributed by atoms with E-state index >= 15 is 0 Å². The molecule has 0 bridgehead atoms. The zero-order valence-electron chi connectivity index (χ0n) is 12.5. The second-order valence-electron chi connectivity index (χ2n) is 5.72. The molecule has 4 heteroatoms. The molecular weight excluding hydrogens is 274 g/mol. The van der Waals surface area contributed by atoms with Crippen LogP contribution in [0.2, 0.25) is 0 Å². The molecule has 22 heavy (non-hydrogen) atoms. The van der Waals surface area contributed by atoms with Gasteiger partial charge in [-0.05, 0) is 36.6 Å².